The van der Waals surface area contributed by atoms with E-state index in [-0.39, 0.29) is 31.3 Å². The lowest BCUT2D eigenvalue weighted by molar-refractivity contribution is -0.137. The second-order valence-electron chi connectivity index (χ2n) is 5.63. The van der Waals surface area contributed by atoms with Crippen LogP contribution in [0, 0.1) is 0 Å². The Balaban J connectivity index is 0.00000312. The highest BCUT2D eigenvalue weighted by atomic mass is 35.5. The zero-order valence-corrected chi connectivity index (χ0v) is 15.1. The smallest absolute Gasteiger partial charge is 0.303 e. The highest BCUT2D eigenvalue weighted by Crippen LogP contribution is 2.32. The summed E-state index contributed by atoms with van der Waals surface area (Å²) in [4.78, 5) is 24.7. The van der Waals surface area contributed by atoms with Crippen LogP contribution in [-0.2, 0) is 9.59 Å². The standard InChI is InChI=1S/C17H24N2O5.ClH/c1-2-19(8-4-3-5-17(21)22)12-16(20)18-13-6-7-14-15(11-13)24-10-9-23-14;/h6-7,11H,2-5,8-10,12H2,1H3,(H,18,20)(H,21,22);1H. The SMILES string of the molecule is CCN(CCCCC(=O)O)CC(=O)Nc1ccc2c(c1)OCCO2.Cl. The average Bonchev–Trinajstić information content (AvgIpc) is 2.57. The van der Waals surface area contributed by atoms with Crippen LogP contribution in [0.15, 0.2) is 18.2 Å². The topological polar surface area (TPSA) is 88.1 Å². The molecule has 1 amide bonds. The number of fused-ring (bicyclic) bond motifs is 1. The van der Waals surface area contributed by atoms with Gasteiger partial charge in [-0.1, -0.05) is 6.92 Å². The first-order chi connectivity index (χ1) is 11.6. The van der Waals surface area contributed by atoms with Crippen LogP contribution in [0.5, 0.6) is 11.5 Å². The van der Waals surface area contributed by atoms with Gasteiger partial charge in [0.15, 0.2) is 11.5 Å². The van der Waals surface area contributed by atoms with E-state index < -0.39 is 5.97 Å². The molecular formula is C17H25ClN2O5. The van der Waals surface area contributed by atoms with E-state index in [0.717, 1.165) is 13.0 Å². The van der Waals surface area contributed by atoms with Crippen molar-refractivity contribution in [3.63, 3.8) is 0 Å². The Morgan fingerprint density at radius 2 is 1.92 bits per heavy atom. The van der Waals surface area contributed by atoms with Crippen LogP contribution in [0.4, 0.5) is 5.69 Å². The number of hydrogen-bond donors (Lipinski definition) is 2. The molecule has 0 saturated carbocycles. The number of carbonyl (C=O) groups excluding carboxylic acids is 1. The van der Waals surface area contributed by atoms with Crippen LogP contribution in [0.1, 0.15) is 26.2 Å². The van der Waals surface area contributed by atoms with Gasteiger partial charge in [-0.2, -0.15) is 0 Å². The molecule has 0 atom stereocenters. The Labute approximate surface area is 153 Å². The third-order valence-corrected chi connectivity index (χ3v) is 3.76. The van der Waals surface area contributed by atoms with Gasteiger partial charge in [-0.05, 0) is 38.1 Å². The molecule has 1 aliphatic heterocycles. The maximum atomic E-state index is 12.2. The molecule has 0 saturated heterocycles. The summed E-state index contributed by atoms with van der Waals surface area (Å²) >= 11 is 0. The third kappa shape index (κ3) is 7.19. The van der Waals surface area contributed by atoms with Crippen molar-refractivity contribution in [1.29, 1.82) is 0 Å². The molecule has 0 unspecified atom stereocenters. The summed E-state index contributed by atoms with van der Waals surface area (Å²) in [6.45, 7) is 4.74. The Hall–Kier alpha value is -1.99. The van der Waals surface area contributed by atoms with E-state index in [4.69, 9.17) is 14.6 Å². The molecule has 7 nitrogen and oxygen atoms in total. The molecule has 140 valence electrons. The van der Waals surface area contributed by atoms with Gasteiger partial charge in [0.25, 0.3) is 0 Å². The van der Waals surface area contributed by atoms with Crippen LogP contribution in [0.3, 0.4) is 0 Å². The molecule has 1 heterocycles. The molecule has 2 rings (SSSR count). The van der Waals surface area contributed by atoms with E-state index in [0.29, 0.717) is 43.4 Å². The number of nitrogens with zero attached hydrogens (tertiary/aromatic N) is 1. The van der Waals surface area contributed by atoms with Crippen molar-refractivity contribution in [3.05, 3.63) is 18.2 Å². The number of nitrogens with one attached hydrogen (secondary N) is 1. The second-order valence-corrected chi connectivity index (χ2v) is 5.63. The van der Waals surface area contributed by atoms with Crippen LogP contribution in [0.2, 0.25) is 0 Å². The van der Waals surface area contributed by atoms with E-state index in [2.05, 4.69) is 5.32 Å². The zero-order chi connectivity index (χ0) is 17.4. The number of amides is 1. The zero-order valence-electron chi connectivity index (χ0n) is 14.3. The molecule has 25 heavy (non-hydrogen) atoms. The number of rotatable bonds is 9. The first kappa shape index (κ1) is 21.1. The molecule has 0 bridgehead atoms. The van der Waals surface area contributed by atoms with E-state index in [1.54, 1.807) is 18.2 Å². The molecule has 1 aliphatic rings. The first-order valence-electron chi connectivity index (χ1n) is 8.22. The Bertz CT molecular complexity index is 582. The predicted octanol–water partition coefficient (Wildman–Crippen LogP) is 2.39. The molecule has 0 aromatic heterocycles. The maximum absolute atomic E-state index is 12.2. The predicted molar refractivity (Wildman–Crippen MR) is 96.9 cm³/mol. The van der Waals surface area contributed by atoms with Crippen LogP contribution < -0.4 is 14.8 Å². The molecule has 2 N–H and O–H groups in total. The largest absolute Gasteiger partial charge is 0.486 e. The highest BCUT2D eigenvalue weighted by Gasteiger charge is 2.14. The quantitative estimate of drug-likeness (QED) is 0.647. The van der Waals surface area contributed by atoms with Gasteiger partial charge >= 0.3 is 5.97 Å². The van der Waals surface area contributed by atoms with Crippen molar-refractivity contribution in [2.45, 2.75) is 26.2 Å². The number of halogens is 1. The summed E-state index contributed by atoms with van der Waals surface area (Å²) in [5, 5.41) is 11.5. The highest BCUT2D eigenvalue weighted by molar-refractivity contribution is 5.92. The van der Waals surface area contributed by atoms with Gasteiger partial charge < -0.3 is 19.9 Å². The van der Waals surface area contributed by atoms with Crippen molar-refractivity contribution in [2.24, 2.45) is 0 Å². The number of carboxylic acids is 1. The van der Waals surface area contributed by atoms with Gasteiger partial charge in [0.2, 0.25) is 5.91 Å². The lowest BCUT2D eigenvalue weighted by Crippen LogP contribution is -2.34. The first-order valence-corrected chi connectivity index (χ1v) is 8.22. The lowest BCUT2D eigenvalue weighted by Gasteiger charge is -2.21. The third-order valence-electron chi connectivity index (χ3n) is 3.76. The summed E-state index contributed by atoms with van der Waals surface area (Å²) in [5.74, 6) is 0.439. The minimum atomic E-state index is -0.783. The number of aliphatic carboxylic acids is 1. The Morgan fingerprint density at radius 3 is 2.60 bits per heavy atom. The number of ether oxygens (including phenoxy) is 2. The number of benzene rings is 1. The maximum Gasteiger partial charge on any atom is 0.303 e. The molecule has 0 aliphatic carbocycles. The minimum Gasteiger partial charge on any atom is -0.486 e. The van der Waals surface area contributed by atoms with E-state index >= 15 is 0 Å². The molecule has 8 heteroatoms. The van der Waals surface area contributed by atoms with Crippen molar-refractivity contribution >= 4 is 30.0 Å². The second kappa shape index (κ2) is 10.8. The molecule has 1 aromatic carbocycles. The number of unbranched alkanes of at least 4 members (excludes halogenated alkanes) is 1. The van der Waals surface area contributed by atoms with Crippen LogP contribution in [0.25, 0.3) is 0 Å². The lowest BCUT2D eigenvalue weighted by atomic mass is 10.2. The average molecular weight is 373 g/mol. The van der Waals surface area contributed by atoms with Gasteiger partial charge in [-0.25, -0.2) is 0 Å². The van der Waals surface area contributed by atoms with Crippen molar-refractivity contribution in [2.75, 3.05) is 38.2 Å². The van der Waals surface area contributed by atoms with Crippen molar-refractivity contribution in [3.8, 4) is 11.5 Å². The molecule has 1 aromatic rings. The number of likely N-dealkylation sites (N-methyl/N-ethyl adjacent to an activating group) is 1. The molecule has 0 fully saturated rings. The van der Waals surface area contributed by atoms with Crippen LogP contribution in [-0.4, -0.2) is 54.7 Å². The monoisotopic (exact) mass is 372 g/mol. The number of anilines is 1. The van der Waals surface area contributed by atoms with Gasteiger partial charge in [0.05, 0.1) is 6.54 Å². The van der Waals surface area contributed by atoms with E-state index in [9.17, 15) is 9.59 Å². The number of carbonyl (C=O) groups is 2. The fourth-order valence-corrected chi connectivity index (χ4v) is 2.49. The molecule has 0 spiro atoms. The van der Waals surface area contributed by atoms with Crippen LogP contribution >= 0.6 is 12.4 Å². The van der Waals surface area contributed by atoms with E-state index in [1.807, 2.05) is 11.8 Å². The van der Waals surface area contributed by atoms with Gasteiger partial charge in [-0.15, -0.1) is 12.4 Å². The van der Waals surface area contributed by atoms with Gasteiger partial charge in [0.1, 0.15) is 13.2 Å². The fraction of sp³-hybridized carbons (Fsp3) is 0.529. The summed E-state index contributed by atoms with van der Waals surface area (Å²) in [6.07, 6.45) is 1.55. The summed E-state index contributed by atoms with van der Waals surface area (Å²) in [5.41, 5.74) is 0.672. The molecule has 0 radical (unpaired) electrons. The van der Waals surface area contributed by atoms with E-state index in [1.165, 1.54) is 0 Å². The normalized spacial score (nSPS) is 12.4. The Morgan fingerprint density at radius 1 is 1.20 bits per heavy atom. The summed E-state index contributed by atoms with van der Waals surface area (Å²) < 4.78 is 10.9. The Kier molecular flexibility index (Phi) is 9.08. The van der Waals surface area contributed by atoms with Gasteiger partial charge in [0, 0.05) is 18.2 Å². The van der Waals surface area contributed by atoms with Gasteiger partial charge in [-0.3, -0.25) is 14.5 Å². The summed E-state index contributed by atoms with van der Waals surface area (Å²) in [7, 11) is 0. The number of hydrogen-bond acceptors (Lipinski definition) is 5. The fourth-order valence-electron chi connectivity index (χ4n) is 2.49. The number of carboxylic acid groups (broad SMARTS) is 1. The molecular weight excluding hydrogens is 348 g/mol. The van der Waals surface area contributed by atoms with Crippen molar-refractivity contribution < 1.29 is 24.2 Å². The summed E-state index contributed by atoms with van der Waals surface area (Å²) in [6, 6.07) is 5.33. The minimum absolute atomic E-state index is 0. The van der Waals surface area contributed by atoms with Crippen molar-refractivity contribution in [1.82, 2.24) is 4.90 Å².